The number of nitrogens with zero attached hydrogens (tertiary/aromatic N) is 5. The van der Waals surface area contributed by atoms with Gasteiger partial charge in [-0.3, -0.25) is 23.8 Å². The van der Waals surface area contributed by atoms with Crippen LogP contribution in [0.5, 0.6) is 0 Å². The predicted octanol–water partition coefficient (Wildman–Crippen LogP) is 1.80. The molecule has 0 aromatic carbocycles. The van der Waals surface area contributed by atoms with Crippen molar-refractivity contribution in [2.24, 2.45) is 0 Å². The fraction of sp³-hybridized carbons (Fsp3) is 0.304. The van der Waals surface area contributed by atoms with Crippen molar-refractivity contribution in [3.63, 3.8) is 0 Å². The molecular formula is C23H23N5O4S2. The van der Waals surface area contributed by atoms with Crippen LogP contribution in [0.2, 0.25) is 0 Å². The molecule has 9 nitrogen and oxygen atoms in total. The smallest absolute Gasteiger partial charge is 0.267 e. The number of thiocarbonyl (C=S) groups is 1. The Balaban J connectivity index is 1.52. The average molecular weight is 498 g/mol. The van der Waals surface area contributed by atoms with Crippen LogP contribution in [0.4, 0.5) is 5.82 Å². The number of piperazine rings is 1. The van der Waals surface area contributed by atoms with Gasteiger partial charge < -0.3 is 14.4 Å². The molecule has 34 heavy (non-hydrogen) atoms. The maximum Gasteiger partial charge on any atom is 0.267 e. The molecule has 5 heterocycles. The number of thioether (sulfide) groups is 1. The van der Waals surface area contributed by atoms with Crippen molar-refractivity contribution in [1.29, 1.82) is 0 Å². The van der Waals surface area contributed by atoms with E-state index < -0.39 is 0 Å². The van der Waals surface area contributed by atoms with Crippen molar-refractivity contribution >= 4 is 51.7 Å². The summed E-state index contributed by atoms with van der Waals surface area (Å²) in [6.45, 7) is 3.80. The first-order valence-corrected chi connectivity index (χ1v) is 12.1. The van der Waals surface area contributed by atoms with Gasteiger partial charge in [-0.25, -0.2) is 4.98 Å². The topological polar surface area (TPSA) is 94.5 Å². The van der Waals surface area contributed by atoms with E-state index in [1.807, 2.05) is 6.07 Å². The number of fused-ring (bicyclic) bond motifs is 1. The Hall–Kier alpha value is -2.99. The zero-order valence-electron chi connectivity index (χ0n) is 18.3. The lowest BCUT2D eigenvalue weighted by Gasteiger charge is -2.35. The highest BCUT2D eigenvalue weighted by molar-refractivity contribution is 8.26. The second-order valence-corrected chi connectivity index (χ2v) is 9.66. The van der Waals surface area contributed by atoms with E-state index in [-0.39, 0.29) is 24.6 Å². The van der Waals surface area contributed by atoms with Crippen LogP contribution in [0.3, 0.4) is 0 Å². The highest BCUT2D eigenvalue weighted by Crippen LogP contribution is 2.34. The van der Waals surface area contributed by atoms with Gasteiger partial charge in [0.05, 0.1) is 29.9 Å². The van der Waals surface area contributed by atoms with Crippen LogP contribution < -0.4 is 10.5 Å². The SMILES string of the molecule is O=C1/C(=C/c2c(N3CCN(CCO)CC3)nc3ccccn3c2=O)SC(=S)N1Cc1ccco1. The first kappa shape index (κ1) is 22.8. The minimum Gasteiger partial charge on any atom is -0.467 e. The van der Waals surface area contributed by atoms with E-state index in [9.17, 15) is 14.7 Å². The summed E-state index contributed by atoms with van der Waals surface area (Å²) in [6, 6.07) is 8.95. The number of aliphatic hydroxyl groups is 1. The number of pyridine rings is 1. The van der Waals surface area contributed by atoms with Crippen molar-refractivity contribution < 1.29 is 14.3 Å². The number of hydrogen-bond acceptors (Lipinski definition) is 9. The highest BCUT2D eigenvalue weighted by Gasteiger charge is 2.33. The summed E-state index contributed by atoms with van der Waals surface area (Å²) in [6.07, 6.45) is 4.84. The van der Waals surface area contributed by atoms with Crippen LogP contribution in [-0.4, -0.2) is 73.8 Å². The van der Waals surface area contributed by atoms with E-state index in [0.29, 0.717) is 51.6 Å². The largest absolute Gasteiger partial charge is 0.467 e. The maximum atomic E-state index is 13.5. The van der Waals surface area contributed by atoms with Gasteiger partial charge in [-0.15, -0.1) is 0 Å². The summed E-state index contributed by atoms with van der Waals surface area (Å²) in [5.41, 5.74) is 0.662. The average Bonchev–Trinajstić information content (AvgIpc) is 3.45. The van der Waals surface area contributed by atoms with Gasteiger partial charge in [0.1, 0.15) is 21.5 Å². The van der Waals surface area contributed by atoms with E-state index >= 15 is 0 Å². The van der Waals surface area contributed by atoms with Crippen LogP contribution in [-0.2, 0) is 11.3 Å². The second-order valence-electron chi connectivity index (χ2n) is 7.98. The molecule has 0 saturated carbocycles. The van der Waals surface area contributed by atoms with E-state index in [0.717, 1.165) is 13.1 Å². The number of aromatic nitrogens is 2. The third-order valence-corrected chi connectivity index (χ3v) is 7.26. The molecule has 0 radical (unpaired) electrons. The molecule has 0 atom stereocenters. The van der Waals surface area contributed by atoms with Gasteiger partial charge in [-0.1, -0.05) is 30.0 Å². The van der Waals surface area contributed by atoms with Gasteiger partial charge >= 0.3 is 0 Å². The first-order valence-electron chi connectivity index (χ1n) is 10.9. The molecular weight excluding hydrogens is 474 g/mol. The lowest BCUT2D eigenvalue weighted by Crippen LogP contribution is -2.48. The Kier molecular flexibility index (Phi) is 6.50. The molecule has 2 aliphatic rings. The zero-order chi connectivity index (χ0) is 23.7. The molecule has 0 unspecified atom stereocenters. The molecule has 3 aromatic heterocycles. The van der Waals surface area contributed by atoms with Crippen molar-refractivity contribution in [3.05, 3.63) is 69.4 Å². The maximum absolute atomic E-state index is 13.5. The number of hydrogen-bond donors (Lipinski definition) is 1. The molecule has 5 rings (SSSR count). The molecule has 11 heteroatoms. The number of β-amino-alcohol motifs (C(OH)–C–C–N with tert-alkyl or cyclic N) is 1. The number of rotatable bonds is 6. The number of aliphatic hydroxyl groups excluding tert-OH is 1. The van der Waals surface area contributed by atoms with Crippen molar-refractivity contribution in [2.45, 2.75) is 6.54 Å². The van der Waals surface area contributed by atoms with E-state index in [4.69, 9.17) is 21.6 Å². The minimum atomic E-state index is -0.261. The van der Waals surface area contributed by atoms with Crippen LogP contribution in [0, 0.1) is 0 Å². The van der Waals surface area contributed by atoms with E-state index in [2.05, 4.69) is 9.80 Å². The lowest BCUT2D eigenvalue weighted by atomic mass is 10.2. The van der Waals surface area contributed by atoms with Crippen LogP contribution in [0.15, 0.2) is 56.9 Å². The molecule has 0 aliphatic carbocycles. The van der Waals surface area contributed by atoms with Crippen LogP contribution >= 0.6 is 24.0 Å². The molecule has 0 spiro atoms. The Morgan fingerprint density at radius 1 is 1.15 bits per heavy atom. The van der Waals surface area contributed by atoms with Crippen molar-refractivity contribution in [1.82, 2.24) is 19.2 Å². The Morgan fingerprint density at radius 2 is 1.97 bits per heavy atom. The van der Waals surface area contributed by atoms with Crippen molar-refractivity contribution in [3.8, 4) is 0 Å². The minimum absolute atomic E-state index is 0.112. The van der Waals surface area contributed by atoms with Gasteiger partial charge in [0.2, 0.25) is 0 Å². The van der Waals surface area contributed by atoms with Crippen LogP contribution in [0.1, 0.15) is 11.3 Å². The highest BCUT2D eigenvalue weighted by atomic mass is 32.2. The normalized spacial score (nSPS) is 18.6. The summed E-state index contributed by atoms with van der Waals surface area (Å²) in [7, 11) is 0. The lowest BCUT2D eigenvalue weighted by molar-refractivity contribution is -0.122. The van der Waals surface area contributed by atoms with Crippen molar-refractivity contribution in [2.75, 3.05) is 44.2 Å². The number of amides is 1. The number of furan rings is 1. The van der Waals surface area contributed by atoms with Gasteiger partial charge in [-0.2, -0.15) is 0 Å². The molecule has 2 aliphatic heterocycles. The predicted molar refractivity (Wildman–Crippen MR) is 135 cm³/mol. The quantitative estimate of drug-likeness (QED) is 0.404. The number of anilines is 1. The molecule has 2 fully saturated rings. The molecule has 1 N–H and O–H groups in total. The number of carbonyl (C=O) groups is 1. The third-order valence-electron chi connectivity index (χ3n) is 5.88. The molecule has 176 valence electrons. The Bertz CT molecular complexity index is 1310. The molecule has 3 aromatic rings. The fourth-order valence-electron chi connectivity index (χ4n) is 4.11. The molecule has 1 amide bonds. The molecule has 0 bridgehead atoms. The van der Waals surface area contributed by atoms with E-state index in [1.165, 1.54) is 21.1 Å². The Labute approximate surface area is 205 Å². The van der Waals surface area contributed by atoms with Crippen LogP contribution in [0.25, 0.3) is 11.7 Å². The number of carbonyl (C=O) groups excluding carboxylic acids is 1. The summed E-state index contributed by atoms with van der Waals surface area (Å²) in [5.74, 6) is 0.922. The fourth-order valence-corrected chi connectivity index (χ4v) is 5.35. The van der Waals surface area contributed by atoms with Gasteiger partial charge in [0, 0.05) is 38.9 Å². The summed E-state index contributed by atoms with van der Waals surface area (Å²) >= 11 is 6.61. The second kappa shape index (κ2) is 9.71. The Morgan fingerprint density at radius 3 is 2.71 bits per heavy atom. The molecule has 2 saturated heterocycles. The van der Waals surface area contributed by atoms with Gasteiger partial charge in [0.15, 0.2) is 0 Å². The first-order chi connectivity index (χ1) is 16.5. The third kappa shape index (κ3) is 4.39. The zero-order valence-corrected chi connectivity index (χ0v) is 19.9. The summed E-state index contributed by atoms with van der Waals surface area (Å²) < 4.78 is 7.27. The monoisotopic (exact) mass is 497 g/mol. The van der Waals surface area contributed by atoms with E-state index in [1.54, 1.807) is 42.8 Å². The van der Waals surface area contributed by atoms with Gasteiger partial charge in [-0.05, 0) is 30.3 Å². The van der Waals surface area contributed by atoms with Gasteiger partial charge in [0.25, 0.3) is 11.5 Å². The standard InChI is InChI=1S/C23H23N5O4S2/c29-12-11-25-7-9-26(10-8-25)20-17(21(30)27-6-2-1-5-19(27)24-20)14-18-22(31)28(23(33)34-18)15-16-4-3-13-32-16/h1-6,13-14,29H,7-12,15H2/b18-14-. The summed E-state index contributed by atoms with van der Waals surface area (Å²) in [4.78, 5) is 37.5. The summed E-state index contributed by atoms with van der Waals surface area (Å²) in [5, 5.41) is 9.23.